The summed E-state index contributed by atoms with van der Waals surface area (Å²) in [4.78, 5) is 11.8. The lowest BCUT2D eigenvalue weighted by Gasteiger charge is -2.37. The lowest BCUT2D eigenvalue weighted by Crippen LogP contribution is -2.48. The Morgan fingerprint density at radius 2 is 2.24 bits per heavy atom. The predicted octanol–water partition coefficient (Wildman–Crippen LogP) is 3.31. The van der Waals surface area contributed by atoms with Gasteiger partial charge in [0.1, 0.15) is 0 Å². The van der Waals surface area contributed by atoms with Crippen LogP contribution in [-0.2, 0) is 4.79 Å². The highest BCUT2D eigenvalue weighted by atomic mass is 79.9. The summed E-state index contributed by atoms with van der Waals surface area (Å²) in [6, 6.07) is 5.35. The molecule has 0 atom stereocenters. The lowest BCUT2D eigenvalue weighted by molar-refractivity contribution is -0.118. The number of nitrogens with two attached hydrogens (primary N) is 1. The number of rotatable bonds is 3. The van der Waals surface area contributed by atoms with E-state index in [1.807, 2.05) is 6.07 Å². The number of nitrogens with one attached hydrogen (secondary N) is 1. The molecule has 0 aliphatic heterocycles. The summed E-state index contributed by atoms with van der Waals surface area (Å²) < 4.78 is 0.878. The van der Waals surface area contributed by atoms with Crippen molar-refractivity contribution in [1.82, 2.24) is 0 Å². The van der Waals surface area contributed by atoms with Crippen LogP contribution in [-0.4, -0.2) is 11.4 Å². The van der Waals surface area contributed by atoms with E-state index in [0.29, 0.717) is 17.1 Å². The molecular weight excluding hydrogens is 304 g/mol. The molecule has 1 aliphatic rings. The molecule has 92 valence electrons. The normalized spacial score (nSPS) is 17.4. The van der Waals surface area contributed by atoms with Gasteiger partial charge in [-0.05, 0) is 37.5 Å². The van der Waals surface area contributed by atoms with E-state index < -0.39 is 0 Å². The first-order valence-corrected chi connectivity index (χ1v) is 6.69. The maximum absolute atomic E-state index is 11.8. The molecule has 17 heavy (non-hydrogen) atoms. The van der Waals surface area contributed by atoms with Gasteiger partial charge in [0, 0.05) is 16.4 Å². The van der Waals surface area contributed by atoms with E-state index in [0.717, 1.165) is 23.7 Å². The van der Waals surface area contributed by atoms with Crippen molar-refractivity contribution in [2.45, 2.75) is 31.2 Å². The van der Waals surface area contributed by atoms with Crippen LogP contribution in [0.4, 0.5) is 5.69 Å². The first-order valence-electron chi connectivity index (χ1n) is 5.52. The van der Waals surface area contributed by atoms with Crippen molar-refractivity contribution in [3.63, 3.8) is 0 Å². The third kappa shape index (κ3) is 3.21. The van der Waals surface area contributed by atoms with Crippen LogP contribution in [0.25, 0.3) is 0 Å². The van der Waals surface area contributed by atoms with E-state index in [9.17, 15) is 4.79 Å². The molecule has 1 aromatic carbocycles. The molecule has 1 saturated carbocycles. The van der Waals surface area contributed by atoms with E-state index >= 15 is 0 Å². The zero-order valence-corrected chi connectivity index (χ0v) is 11.6. The third-order valence-electron chi connectivity index (χ3n) is 3.06. The molecule has 1 fully saturated rings. The second-order valence-electron chi connectivity index (χ2n) is 4.57. The molecule has 0 spiro atoms. The van der Waals surface area contributed by atoms with Gasteiger partial charge in [-0.2, -0.15) is 0 Å². The van der Waals surface area contributed by atoms with Crippen LogP contribution in [0.15, 0.2) is 22.7 Å². The summed E-state index contributed by atoms with van der Waals surface area (Å²) in [6.45, 7) is 0. The molecule has 1 amide bonds. The van der Waals surface area contributed by atoms with E-state index in [4.69, 9.17) is 17.3 Å². The average molecular weight is 318 g/mol. The molecule has 0 heterocycles. The minimum Gasteiger partial charge on any atom is -0.325 e. The van der Waals surface area contributed by atoms with Crippen LogP contribution in [0.3, 0.4) is 0 Å². The summed E-state index contributed by atoms with van der Waals surface area (Å²) in [7, 11) is 0. The monoisotopic (exact) mass is 316 g/mol. The second-order valence-corrected chi connectivity index (χ2v) is 5.89. The predicted molar refractivity (Wildman–Crippen MR) is 73.2 cm³/mol. The van der Waals surface area contributed by atoms with E-state index in [1.165, 1.54) is 0 Å². The molecule has 0 bridgehead atoms. The van der Waals surface area contributed by atoms with Crippen LogP contribution in [0.1, 0.15) is 25.7 Å². The number of benzene rings is 1. The van der Waals surface area contributed by atoms with Gasteiger partial charge in [-0.3, -0.25) is 4.79 Å². The minimum absolute atomic E-state index is 0.0767. The van der Waals surface area contributed by atoms with Gasteiger partial charge in [-0.15, -0.1) is 0 Å². The highest BCUT2D eigenvalue weighted by Gasteiger charge is 2.34. The van der Waals surface area contributed by atoms with Crippen LogP contribution in [0, 0.1) is 0 Å². The standard InChI is InChI=1S/C12H14BrClN2O/c13-8-2-3-9(14)10(6-8)16-11(17)7-12(15)4-1-5-12/h2-3,6H,1,4-5,7,15H2,(H,16,17). The van der Waals surface area contributed by atoms with E-state index in [1.54, 1.807) is 12.1 Å². The number of hydrogen-bond acceptors (Lipinski definition) is 2. The van der Waals surface area contributed by atoms with Gasteiger partial charge in [0.05, 0.1) is 10.7 Å². The fourth-order valence-corrected chi connectivity index (χ4v) is 2.44. The Kier molecular flexibility index (Phi) is 3.76. The molecular formula is C12H14BrClN2O. The average Bonchev–Trinajstić information content (AvgIpc) is 2.21. The van der Waals surface area contributed by atoms with Gasteiger partial charge in [-0.1, -0.05) is 27.5 Å². The first-order chi connectivity index (χ1) is 7.98. The molecule has 0 radical (unpaired) electrons. The zero-order chi connectivity index (χ0) is 12.5. The van der Waals surface area contributed by atoms with Gasteiger partial charge in [0.2, 0.25) is 5.91 Å². The summed E-state index contributed by atoms with van der Waals surface area (Å²) >= 11 is 9.33. The SMILES string of the molecule is NC1(CC(=O)Nc2cc(Br)ccc2Cl)CCC1. The molecule has 2 rings (SSSR count). The Bertz CT molecular complexity index is 446. The Morgan fingerprint density at radius 3 is 2.82 bits per heavy atom. The van der Waals surface area contributed by atoms with Crippen LogP contribution >= 0.6 is 27.5 Å². The molecule has 1 aromatic rings. The van der Waals surface area contributed by atoms with Crippen LogP contribution < -0.4 is 11.1 Å². The van der Waals surface area contributed by atoms with E-state index in [2.05, 4.69) is 21.2 Å². The summed E-state index contributed by atoms with van der Waals surface area (Å²) in [5.41, 5.74) is 6.34. The number of carbonyl (C=O) groups excluding carboxylic acids is 1. The topological polar surface area (TPSA) is 55.1 Å². The van der Waals surface area contributed by atoms with E-state index in [-0.39, 0.29) is 11.4 Å². The van der Waals surface area contributed by atoms with Crippen molar-refractivity contribution in [2.24, 2.45) is 5.73 Å². The molecule has 1 aliphatic carbocycles. The number of hydrogen-bond donors (Lipinski definition) is 2. The summed E-state index contributed by atoms with van der Waals surface area (Å²) in [6.07, 6.45) is 3.32. The molecule has 3 nitrogen and oxygen atoms in total. The number of carbonyl (C=O) groups is 1. The Balaban J connectivity index is 2.00. The number of anilines is 1. The van der Waals surface area contributed by atoms with Crippen molar-refractivity contribution < 1.29 is 4.79 Å². The first kappa shape index (κ1) is 12.9. The molecule has 0 saturated heterocycles. The Hall–Kier alpha value is -0.580. The number of halogens is 2. The maximum Gasteiger partial charge on any atom is 0.226 e. The molecule has 0 aromatic heterocycles. The quantitative estimate of drug-likeness (QED) is 0.898. The highest BCUT2D eigenvalue weighted by molar-refractivity contribution is 9.10. The van der Waals surface area contributed by atoms with Gasteiger partial charge < -0.3 is 11.1 Å². The highest BCUT2D eigenvalue weighted by Crippen LogP contribution is 2.33. The van der Waals surface area contributed by atoms with Gasteiger partial charge >= 0.3 is 0 Å². The number of amides is 1. The van der Waals surface area contributed by atoms with Gasteiger partial charge in [0.15, 0.2) is 0 Å². The minimum atomic E-state index is -0.303. The zero-order valence-electron chi connectivity index (χ0n) is 9.30. The molecule has 5 heteroatoms. The van der Waals surface area contributed by atoms with Gasteiger partial charge in [-0.25, -0.2) is 0 Å². The second kappa shape index (κ2) is 4.96. The van der Waals surface area contributed by atoms with Crippen molar-refractivity contribution in [1.29, 1.82) is 0 Å². The maximum atomic E-state index is 11.8. The summed E-state index contributed by atoms with van der Waals surface area (Å²) in [5.74, 6) is -0.0767. The Morgan fingerprint density at radius 1 is 1.53 bits per heavy atom. The van der Waals surface area contributed by atoms with Crippen molar-refractivity contribution >= 4 is 39.1 Å². The molecule has 3 N–H and O–H groups in total. The van der Waals surface area contributed by atoms with Crippen LogP contribution in [0.2, 0.25) is 5.02 Å². The third-order valence-corrected chi connectivity index (χ3v) is 3.89. The van der Waals surface area contributed by atoms with Crippen LogP contribution in [0.5, 0.6) is 0 Å². The smallest absolute Gasteiger partial charge is 0.226 e. The van der Waals surface area contributed by atoms with Crippen molar-refractivity contribution in [2.75, 3.05) is 5.32 Å². The Labute approximate surface area is 114 Å². The lowest BCUT2D eigenvalue weighted by atomic mass is 9.75. The van der Waals surface area contributed by atoms with Crippen molar-refractivity contribution in [3.8, 4) is 0 Å². The van der Waals surface area contributed by atoms with Crippen molar-refractivity contribution in [3.05, 3.63) is 27.7 Å². The fourth-order valence-electron chi connectivity index (χ4n) is 1.92. The molecule has 0 unspecified atom stereocenters. The summed E-state index contributed by atoms with van der Waals surface area (Å²) in [5, 5.41) is 3.32. The van der Waals surface area contributed by atoms with Gasteiger partial charge in [0.25, 0.3) is 0 Å². The fraction of sp³-hybridized carbons (Fsp3) is 0.417. The largest absolute Gasteiger partial charge is 0.325 e.